The molecule has 16 heavy (non-hydrogen) atoms. The fourth-order valence-electron chi connectivity index (χ4n) is 2.08. The van der Waals surface area contributed by atoms with Crippen LogP contribution in [0, 0.1) is 0 Å². The van der Waals surface area contributed by atoms with Crippen LogP contribution in [0.15, 0.2) is 6.20 Å². The summed E-state index contributed by atoms with van der Waals surface area (Å²) in [6.45, 7) is 3.38. The molecule has 0 aliphatic carbocycles. The molecule has 0 spiro atoms. The molecular formula is C11H18ClN3S. The minimum absolute atomic E-state index is 0.425. The zero-order chi connectivity index (χ0) is 11.5. The van der Waals surface area contributed by atoms with Crippen LogP contribution in [0.2, 0.25) is 0 Å². The maximum Gasteiger partial charge on any atom is 0.111 e. The lowest BCUT2D eigenvalue weighted by Gasteiger charge is -2.25. The van der Waals surface area contributed by atoms with Gasteiger partial charge >= 0.3 is 0 Å². The molecule has 0 aromatic carbocycles. The van der Waals surface area contributed by atoms with E-state index in [-0.39, 0.29) is 0 Å². The van der Waals surface area contributed by atoms with E-state index in [4.69, 9.17) is 11.6 Å². The zero-order valence-corrected chi connectivity index (χ0v) is 11.4. The summed E-state index contributed by atoms with van der Waals surface area (Å²) in [6, 6.07) is 0.425. The van der Waals surface area contributed by atoms with E-state index in [2.05, 4.69) is 28.9 Å². The second kappa shape index (κ2) is 5.45. The lowest BCUT2D eigenvalue weighted by Crippen LogP contribution is -2.30. The molecule has 5 heteroatoms. The summed E-state index contributed by atoms with van der Waals surface area (Å²) in [6.07, 6.45) is 3.14. The van der Waals surface area contributed by atoms with Gasteiger partial charge in [-0.3, -0.25) is 4.90 Å². The first-order valence-electron chi connectivity index (χ1n) is 5.60. The Labute approximate surface area is 106 Å². The van der Waals surface area contributed by atoms with Crippen LogP contribution >= 0.6 is 22.9 Å². The van der Waals surface area contributed by atoms with E-state index in [0.29, 0.717) is 11.9 Å². The highest BCUT2D eigenvalue weighted by atomic mass is 35.5. The monoisotopic (exact) mass is 259 g/mol. The number of halogens is 1. The Balaban J connectivity index is 2.15. The van der Waals surface area contributed by atoms with Gasteiger partial charge in [0.1, 0.15) is 5.01 Å². The van der Waals surface area contributed by atoms with Gasteiger partial charge in [-0.2, -0.15) is 0 Å². The Morgan fingerprint density at radius 1 is 1.50 bits per heavy atom. The molecule has 1 atom stereocenters. The minimum Gasteiger partial charge on any atom is -0.304 e. The van der Waals surface area contributed by atoms with Gasteiger partial charge in [-0.05, 0) is 33.6 Å². The van der Waals surface area contributed by atoms with Crippen LogP contribution in [-0.4, -0.2) is 48.5 Å². The molecule has 1 aliphatic rings. The summed E-state index contributed by atoms with van der Waals surface area (Å²) in [5.74, 6) is 0.573. The number of likely N-dealkylation sites (N-methyl/N-ethyl adjacent to an activating group) is 2. The molecule has 90 valence electrons. The van der Waals surface area contributed by atoms with Crippen LogP contribution in [-0.2, 0) is 5.88 Å². The van der Waals surface area contributed by atoms with Crippen molar-refractivity contribution in [2.45, 2.75) is 18.3 Å². The molecule has 3 nitrogen and oxygen atoms in total. The fraction of sp³-hybridized carbons (Fsp3) is 0.727. The molecule has 1 aliphatic heterocycles. The van der Waals surface area contributed by atoms with Crippen LogP contribution in [0.3, 0.4) is 0 Å². The largest absolute Gasteiger partial charge is 0.304 e. The molecule has 2 rings (SSSR count). The van der Waals surface area contributed by atoms with E-state index in [1.807, 2.05) is 6.20 Å². The molecule has 0 amide bonds. The summed E-state index contributed by atoms with van der Waals surface area (Å²) < 4.78 is 0. The van der Waals surface area contributed by atoms with E-state index >= 15 is 0 Å². The van der Waals surface area contributed by atoms with Crippen LogP contribution in [0.5, 0.6) is 0 Å². The number of hydrogen-bond donors (Lipinski definition) is 0. The lowest BCUT2D eigenvalue weighted by atomic mass is 10.2. The summed E-state index contributed by atoms with van der Waals surface area (Å²) in [5, 5.41) is 1.20. The van der Waals surface area contributed by atoms with Crippen LogP contribution in [0.4, 0.5) is 0 Å². The van der Waals surface area contributed by atoms with Gasteiger partial charge in [0, 0.05) is 17.6 Å². The van der Waals surface area contributed by atoms with Crippen molar-refractivity contribution >= 4 is 22.9 Å². The summed E-state index contributed by atoms with van der Waals surface area (Å²) in [5.41, 5.74) is 0. The van der Waals surface area contributed by atoms with Gasteiger partial charge in [-0.1, -0.05) is 0 Å². The molecule has 1 unspecified atom stereocenters. The Bertz CT molecular complexity index is 342. The molecule has 0 N–H and O–H groups in total. The first kappa shape index (κ1) is 12.3. The van der Waals surface area contributed by atoms with Gasteiger partial charge < -0.3 is 4.90 Å². The molecule has 1 fully saturated rings. The summed E-state index contributed by atoms with van der Waals surface area (Å²) in [7, 11) is 4.37. The zero-order valence-electron chi connectivity index (χ0n) is 9.82. The third kappa shape index (κ3) is 2.74. The van der Waals surface area contributed by atoms with Crippen molar-refractivity contribution < 1.29 is 0 Å². The maximum absolute atomic E-state index is 5.82. The quantitative estimate of drug-likeness (QED) is 0.759. The Kier molecular flexibility index (Phi) is 4.19. The Hall–Kier alpha value is -0.160. The number of hydrogen-bond acceptors (Lipinski definition) is 4. The normalized spacial score (nSPS) is 24.6. The average molecular weight is 260 g/mol. The second-order valence-corrected chi connectivity index (χ2v) is 5.82. The van der Waals surface area contributed by atoms with Crippen molar-refractivity contribution in [1.82, 2.24) is 14.8 Å². The van der Waals surface area contributed by atoms with Gasteiger partial charge in [0.05, 0.1) is 11.9 Å². The summed E-state index contributed by atoms with van der Waals surface area (Å²) in [4.78, 5) is 10.5. The van der Waals surface area contributed by atoms with E-state index in [1.165, 1.54) is 18.0 Å². The molecular weight excluding hydrogens is 242 g/mol. The number of rotatable bonds is 2. The highest BCUT2D eigenvalue weighted by molar-refractivity contribution is 7.11. The van der Waals surface area contributed by atoms with E-state index in [0.717, 1.165) is 18.0 Å². The lowest BCUT2D eigenvalue weighted by molar-refractivity contribution is 0.228. The highest BCUT2D eigenvalue weighted by Crippen LogP contribution is 2.27. The Morgan fingerprint density at radius 2 is 2.31 bits per heavy atom. The van der Waals surface area contributed by atoms with Crippen LogP contribution in [0.1, 0.15) is 22.3 Å². The Morgan fingerprint density at radius 3 is 3.00 bits per heavy atom. The molecule has 0 saturated carbocycles. The van der Waals surface area contributed by atoms with Gasteiger partial charge in [-0.25, -0.2) is 4.98 Å². The first-order valence-corrected chi connectivity index (χ1v) is 6.95. The van der Waals surface area contributed by atoms with Crippen molar-refractivity contribution in [3.63, 3.8) is 0 Å². The fourth-order valence-corrected chi connectivity index (χ4v) is 3.23. The van der Waals surface area contributed by atoms with Crippen molar-refractivity contribution in [2.24, 2.45) is 0 Å². The predicted molar refractivity (Wildman–Crippen MR) is 69.2 cm³/mol. The average Bonchev–Trinajstić information content (AvgIpc) is 2.67. The van der Waals surface area contributed by atoms with E-state index < -0.39 is 0 Å². The van der Waals surface area contributed by atoms with Crippen molar-refractivity contribution in [3.8, 4) is 0 Å². The molecule has 1 aromatic heterocycles. The van der Waals surface area contributed by atoms with Gasteiger partial charge in [0.15, 0.2) is 0 Å². The number of alkyl halides is 1. The smallest absolute Gasteiger partial charge is 0.111 e. The SMILES string of the molecule is CN1CCCN(C)C(c2ncc(CCl)s2)C1. The molecule has 1 saturated heterocycles. The van der Waals surface area contributed by atoms with Crippen LogP contribution in [0.25, 0.3) is 0 Å². The molecule has 0 bridgehead atoms. The molecule has 2 heterocycles. The van der Waals surface area contributed by atoms with Crippen LogP contribution < -0.4 is 0 Å². The van der Waals surface area contributed by atoms with Crippen molar-refractivity contribution in [1.29, 1.82) is 0 Å². The third-order valence-electron chi connectivity index (χ3n) is 3.06. The van der Waals surface area contributed by atoms with E-state index in [1.54, 1.807) is 11.3 Å². The van der Waals surface area contributed by atoms with Gasteiger partial charge in [0.25, 0.3) is 0 Å². The molecule has 0 radical (unpaired) electrons. The maximum atomic E-state index is 5.82. The van der Waals surface area contributed by atoms with Gasteiger partial charge in [0.2, 0.25) is 0 Å². The second-order valence-electron chi connectivity index (χ2n) is 4.41. The minimum atomic E-state index is 0.425. The topological polar surface area (TPSA) is 19.4 Å². The predicted octanol–water partition coefficient (Wildman–Crippen LogP) is 2.19. The van der Waals surface area contributed by atoms with Crippen molar-refractivity contribution in [3.05, 3.63) is 16.1 Å². The van der Waals surface area contributed by atoms with E-state index in [9.17, 15) is 0 Å². The summed E-state index contributed by atoms with van der Waals surface area (Å²) >= 11 is 7.57. The van der Waals surface area contributed by atoms with Gasteiger partial charge in [-0.15, -0.1) is 22.9 Å². The third-order valence-corrected chi connectivity index (χ3v) is 4.60. The number of thiazole rings is 1. The highest BCUT2D eigenvalue weighted by Gasteiger charge is 2.24. The number of nitrogens with zero attached hydrogens (tertiary/aromatic N) is 3. The first-order chi connectivity index (χ1) is 7.70. The standard InChI is InChI=1S/C11H18ClN3S/c1-14-4-3-5-15(2)10(8-14)11-13-7-9(6-12)16-11/h7,10H,3-6,8H2,1-2H3. The van der Waals surface area contributed by atoms with Crippen molar-refractivity contribution in [2.75, 3.05) is 33.7 Å². The molecule has 1 aromatic rings. The number of aromatic nitrogens is 1.